The smallest absolute Gasteiger partial charge is 0.331 e. The van der Waals surface area contributed by atoms with E-state index in [-0.39, 0.29) is 18.8 Å². The molecular formula is C21H20FN7O2. The van der Waals surface area contributed by atoms with Crippen LogP contribution in [-0.2, 0) is 29.1 Å². The van der Waals surface area contributed by atoms with Crippen LogP contribution in [0.5, 0.6) is 0 Å². The molecule has 0 aliphatic rings. The van der Waals surface area contributed by atoms with Crippen LogP contribution in [0, 0.1) is 12.7 Å². The molecule has 4 rings (SSSR count). The van der Waals surface area contributed by atoms with E-state index in [0.29, 0.717) is 23.6 Å². The zero-order valence-electron chi connectivity index (χ0n) is 16.8. The quantitative estimate of drug-likeness (QED) is 0.402. The molecule has 0 spiro atoms. The Balaban J connectivity index is 1.43. The van der Waals surface area contributed by atoms with Gasteiger partial charge in [-0.15, -0.1) is 10.2 Å². The van der Waals surface area contributed by atoms with Crippen LogP contribution in [-0.4, -0.2) is 41.2 Å². The van der Waals surface area contributed by atoms with Crippen LogP contribution in [0.15, 0.2) is 60.8 Å². The Kier molecular flexibility index (Phi) is 6.06. The number of rotatable bonds is 8. The van der Waals surface area contributed by atoms with Gasteiger partial charge in [-0.05, 0) is 40.6 Å². The van der Waals surface area contributed by atoms with Gasteiger partial charge in [0.2, 0.25) is 0 Å². The van der Waals surface area contributed by atoms with Crippen LogP contribution < -0.4 is 0 Å². The Morgan fingerprint density at radius 2 is 1.87 bits per heavy atom. The van der Waals surface area contributed by atoms with Gasteiger partial charge in [0, 0.05) is 6.42 Å². The summed E-state index contributed by atoms with van der Waals surface area (Å²) in [6, 6.07) is 15.0. The molecule has 9 nitrogen and oxygen atoms in total. The third-order valence-corrected chi connectivity index (χ3v) is 4.68. The number of aryl methyl sites for hydroxylation is 1. The lowest BCUT2D eigenvalue weighted by Gasteiger charge is -2.16. The molecule has 2 aromatic carbocycles. The summed E-state index contributed by atoms with van der Waals surface area (Å²) in [7, 11) is 0. The first-order valence-corrected chi connectivity index (χ1v) is 9.67. The van der Waals surface area contributed by atoms with Crippen molar-refractivity contribution in [2.24, 2.45) is 0 Å². The third-order valence-electron chi connectivity index (χ3n) is 4.68. The summed E-state index contributed by atoms with van der Waals surface area (Å²) in [6.07, 6.45) is 1.91. The van der Waals surface area contributed by atoms with Crippen molar-refractivity contribution in [1.29, 1.82) is 0 Å². The maximum absolute atomic E-state index is 13.6. The second kappa shape index (κ2) is 9.24. The summed E-state index contributed by atoms with van der Waals surface area (Å²) in [4.78, 5) is 12.9. The van der Waals surface area contributed by atoms with Crippen LogP contribution in [0.3, 0.4) is 0 Å². The Morgan fingerprint density at radius 3 is 2.61 bits per heavy atom. The number of ether oxygens (including phenoxy) is 1. The van der Waals surface area contributed by atoms with Gasteiger partial charge in [0.05, 0.1) is 12.7 Å². The van der Waals surface area contributed by atoms with Crippen molar-refractivity contribution in [3.05, 3.63) is 89.3 Å². The number of hydrogen-bond donors (Lipinski definition) is 0. The molecule has 0 fully saturated rings. The topological polar surface area (TPSA) is 101 Å². The number of esters is 1. The maximum atomic E-state index is 13.6. The number of hydrogen-bond acceptors (Lipinski definition) is 7. The van der Waals surface area contributed by atoms with Gasteiger partial charge in [-0.2, -0.15) is 0 Å². The van der Waals surface area contributed by atoms with Crippen LogP contribution in [0.1, 0.15) is 28.7 Å². The molecule has 31 heavy (non-hydrogen) atoms. The minimum absolute atomic E-state index is 0.0472. The first-order chi connectivity index (χ1) is 15.1. The monoisotopic (exact) mass is 421 g/mol. The summed E-state index contributed by atoms with van der Waals surface area (Å²) < 4.78 is 22.1. The minimum atomic E-state index is -0.837. The van der Waals surface area contributed by atoms with Crippen LogP contribution in [0.2, 0.25) is 0 Å². The maximum Gasteiger partial charge on any atom is 0.331 e. The first kappa shape index (κ1) is 20.3. The molecule has 158 valence electrons. The summed E-state index contributed by atoms with van der Waals surface area (Å²) in [5.74, 6) is -0.475. The molecule has 0 bridgehead atoms. The SMILES string of the molecule is Cc1nnnn1C(Cc1cccc(F)c1)C(=O)OCc1cn(Cc2ccccc2)nn1. The van der Waals surface area contributed by atoms with Crippen molar-refractivity contribution >= 4 is 5.97 Å². The van der Waals surface area contributed by atoms with Crippen LogP contribution >= 0.6 is 0 Å². The van der Waals surface area contributed by atoms with Crippen molar-refractivity contribution in [2.45, 2.75) is 32.5 Å². The van der Waals surface area contributed by atoms with Gasteiger partial charge in [0.1, 0.15) is 23.9 Å². The van der Waals surface area contributed by atoms with Gasteiger partial charge >= 0.3 is 5.97 Å². The predicted octanol–water partition coefficient (Wildman–Crippen LogP) is 2.29. The number of nitrogens with zero attached hydrogens (tertiary/aromatic N) is 7. The van der Waals surface area contributed by atoms with E-state index in [9.17, 15) is 9.18 Å². The molecule has 0 saturated heterocycles. The fraction of sp³-hybridized carbons (Fsp3) is 0.238. The largest absolute Gasteiger partial charge is 0.457 e. The molecule has 4 aromatic rings. The van der Waals surface area contributed by atoms with Crippen molar-refractivity contribution in [2.75, 3.05) is 0 Å². The lowest BCUT2D eigenvalue weighted by molar-refractivity contribution is -0.149. The van der Waals surface area contributed by atoms with Crippen LogP contribution in [0.25, 0.3) is 0 Å². The number of halogens is 1. The molecular weight excluding hydrogens is 401 g/mol. The predicted molar refractivity (Wildman–Crippen MR) is 107 cm³/mol. The molecule has 0 radical (unpaired) electrons. The standard InChI is InChI=1S/C21H20FN7O2/c1-15-23-25-27-29(15)20(11-17-8-5-9-18(22)10-17)21(30)31-14-19-13-28(26-24-19)12-16-6-3-2-4-7-16/h2-10,13,20H,11-12,14H2,1H3. The number of aromatic nitrogens is 7. The molecule has 2 aromatic heterocycles. The van der Waals surface area contributed by atoms with Gasteiger partial charge in [-0.1, -0.05) is 47.7 Å². The Bertz CT molecular complexity index is 1160. The lowest BCUT2D eigenvalue weighted by Crippen LogP contribution is -2.26. The van der Waals surface area contributed by atoms with Crippen molar-refractivity contribution in [3.63, 3.8) is 0 Å². The summed E-state index contributed by atoms with van der Waals surface area (Å²) in [6.45, 7) is 2.20. The average Bonchev–Trinajstić information content (AvgIpc) is 3.40. The zero-order valence-corrected chi connectivity index (χ0v) is 16.8. The van der Waals surface area contributed by atoms with Crippen LogP contribution in [0.4, 0.5) is 4.39 Å². The highest BCUT2D eigenvalue weighted by atomic mass is 19.1. The third kappa shape index (κ3) is 5.16. The second-order valence-corrected chi connectivity index (χ2v) is 7.02. The van der Waals surface area contributed by atoms with Crippen molar-refractivity contribution < 1.29 is 13.9 Å². The van der Waals surface area contributed by atoms with E-state index in [0.717, 1.165) is 5.56 Å². The Morgan fingerprint density at radius 1 is 1.06 bits per heavy atom. The molecule has 0 aliphatic heterocycles. The van der Waals surface area contributed by atoms with Gasteiger partial charge in [-0.25, -0.2) is 18.5 Å². The minimum Gasteiger partial charge on any atom is -0.457 e. The number of carbonyl (C=O) groups is 1. The van der Waals surface area contributed by atoms with Gasteiger partial charge < -0.3 is 4.74 Å². The van der Waals surface area contributed by atoms with E-state index < -0.39 is 12.0 Å². The van der Waals surface area contributed by atoms with E-state index in [4.69, 9.17) is 4.74 Å². The van der Waals surface area contributed by atoms with E-state index in [1.807, 2.05) is 30.3 Å². The molecule has 0 amide bonds. The number of carbonyl (C=O) groups excluding carboxylic acids is 1. The fourth-order valence-electron chi connectivity index (χ4n) is 3.18. The van der Waals surface area contributed by atoms with E-state index in [1.165, 1.54) is 16.8 Å². The fourth-order valence-corrected chi connectivity index (χ4v) is 3.18. The number of tetrazole rings is 1. The van der Waals surface area contributed by atoms with Gasteiger partial charge in [0.25, 0.3) is 0 Å². The summed E-state index contributed by atoms with van der Waals surface area (Å²) in [5.41, 5.74) is 2.23. The molecule has 0 N–H and O–H groups in total. The van der Waals surface area contributed by atoms with Crippen molar-refractivity contribution in [1.82, 2.24) is 35.2 Å². The molecule has 10 heteroatoms. The van der Waals surface area contributed by atoms with Gasteiger partial charge in [-0.3, -0.25) is 0 Å². The average molecular weight is 421 g/mol. The molecule has 0 saturated carbocycles. The van der Waals surface area contributed by atoms with E-state index in [2.05, 4.69) is 25.8 Å². The molecule has 0 aliphatic carbocycles. The molecule has 1 atom stereocenters. The highest BCUT2D eigenvalue weighted by molar-refractivity contribution is 5.74. The van der Waals surface area contributed by atoms with E-state index in [1.54, 1.807) is 29.9 Å². The Hall–Kier alpha value is -3.95. The van der Waals surface area contributed by atoms with Gasteiger partial charge in [0.15, 0.2) is 6.04 Å². The molecule has 1 unspecified atom stereocenters. The number of benzene rings is 2. The van der Waals surface area contributed by atoms with Crippen molar-refractivity contribution in [3.8, 4) is 0 Å². The zero-order chi connectivity index (χ0) is 21.6. The second-order valence-electron chi connectivity index (χ2n) is 7.02. The molecule has 2 heterocycles. The normalized spacial score (nSPS) is 11.9. The first-order valence-electron chi connectivity index (χ1n) is 9.67. The Labute approximate surface area is 177 Å². The highest BCUT2D eigenvalue weighted by Gasteiger charge is 2.26. The summed E-state index contributed by atoms with van der Waals surface area (Å²) in [5, 5.41) is 19.5. The highest BCUT2D eigenvalue weighted by Crippen LogP contribution is 2.18. The lowest BCUT2D eigenvalue weighted by atomic mass is 10.1. The summed E-state index contributed by atoms with van der Waals surface area (Å²) >= 11 is 0. The van der Waals surface area contributed by atoms with E-state index >= 15 is 0 Å².